The van der Waals surface area contributed by atoms with Gasteiger partial charge in [-0.1, -0.05) is 22.7 Å². The van der Waals surface area contributed by atoms with Crippen molar-refractivity contribution >= 4 is 65.8 Å². The van der Waals surface area contributed by atoms with E-state index >= 15 is 0 Å². The Labute approximate surface area is 179 Å². The van der Waals surface area contributed by atoms with Crippen LogP contribution in [-0.2, 0) is 0 Å². The van der Waals surface area contributed by atoms with Crippen molar-refractivity contribution in [2.45, 2.75) is 43.8 Å². The van der Waals surface area contributed by atoms with E-state index in [1.807, 2.05) is 0 Å². The summed E-state index contributed by atoms with van der Waals surface area (Å²) in [5.41, 5.74) is 0.508. The molecule has 3 aromatic rings. The molecule has 0 saturated carbocycles. The number of aromatic hydroxyl groups is 1. The Balaban J connectivity index is 0.00000180. The third-order valence-corrected chi connectivity index (χ3v) is 7.86. The van der Waals surface area contributed by atoms with E-state index in [4.69, 9.17) is 4.98 Å². The van der Waals surface area contributed by atoms with Crippen LogP contribution in [0.4, 0.5) is 5.13 Å². The standard InChI is InChI=1S/C17H18BrN5OS2.ClH/c1-23(11-5-9-2-3-10(6-11)20-9)17-22-16-15(26-17)21-14(25-16)13-12(24)4-8(18)7-19-13;/h4,7,9-11,20,24H,2-3,5-6H2,1H3;1H/t9-,10+,11?;. The maximum Gasteiger partial charge on any atom is 0.188 e. The third kappa shape index (κ3) is 3.55. The molecule has 27 heavy (non-hydrogen) atoms. The van der Waals surface area contributed by atoms with E-state index in [1.54, 1.807) is 23.6 Å². The molecular formula is C17H19BrClN5OS2. The predicted octanol–water partition coefficient (Wildman–Crippen LogP) is 4.42. The molecule has 0 radical (unpaired) electrons. The van der Waals surface area contributed by atoms with Gasteiger partial charge in [0.25, 0.3) is 0 Å². The number of thiazole rings is 2. The van der Waals surface area contributed by atoms with E-state index in [0.717, 1.165) is 19.3 Å². The quantitative estimate of drug-likeness (QED) is 0.568. The van der Waals surface area contributed by atoms with Gasteiger partial charge in [0.2, 0.25) is 0 Å². The Kier molecular flexibility index (Phi) is 5.32. The first-order valence-corrected chi connectivity index (χ1v) is 11.1. The molecule has 2 aliphatic rings. The highest BCUT2D eigenvalue weighted by molar-refractivity contribution is 9.10. The normalized spacial score (nSPS) is 24.1. The zero-order chi connectivity index (χ0) is 17.8. The minimum atomic E-state index is 0. The number of anilines is 1. The number of fused-ring (bicyclic) bond motifs is 3. The molecule has 2 fully saturated rings. The van der Waals surface area contributed by atoms with Crippen molar-refractivity contribution in [1.82, 2.24) is 20.3 Å². The van der Waals surface area contributed by atoms with Gasteiger partial charge < -0.3 is 15.3 Å². The molecule has 5 rings (SSSR count). The van der Waals surface area contributed by atoms with Crippen molar-refractivity contribution in [1.29, 1.82) is 0 Å². The van der Waals surface area contributed by atoms with Gasteiger partial charge in [-0.3, -0.25) is 0 Å². The summed E-state index contributed by atoms with van der Waals surface area (Å²) in [6.45, 7) is 0. The largest absolute Gasteiger partial charge is 0.506 e. The van der Waals surface area contributed by atoms with Gasteiger partial charge in [-0.2, -0.15) is 0 Å². The van der Waals surface area contributed by atoms with Crippen molar-refractivity contribution in [3.8, 4) is 16.5 Å². The van der Waals surface area contributed by atoms with E-state index in [0.29, 0.717) is 28.8 Å². The highest BCUT2D eigenvalue weighted by Gasteiger charge is 2.36. The molecule has 2 saturated heterocycles. The number of pyridine rings is 1. The van der Waals surface area contributed by atoms with E-state index < -0.39 is 0 Å². The molecule has 5 heterocycles. The van der Waals surface area contributed by atoms with Crippen LogP contribution in [0.5, 0.6) is 5.75 Å². The summed E-state index contributed by atoms with van der Waals surface area (Å²) in [6.07, 6.45) is 6.65. The van der Waals surface area contributed by atoms with Crippen molar-refractivity contribution in [2.24, 2.45) is 0 Å². The number of piperidine rings is 1. The van der Waals surface area contributed by atoms with Crippen molar-refractivity contribution in [3.05, 3.63) is 16.7 Å². The molecule has 3 aromatic heterocycles. The summed E-state index contributed by atoms with van der Waals surface area (Å²) in [5.74, 6) is 0.128. The summed E-state index contributed by atoms with van der Waals surface area (Å²) in [7, 11) is 2.15. The van der Waals surface area contributed by atoms with Gasteiger partial charge in [0.1, 0.15) is 16.5 Å². The molecule has 10 heteroatoms. The van der Waals surface area contributed by atoms with Crippen LogP contribution in [-0.4, -0.2) is 45.2 Å². The van der Waals surface area contributed by atoms with Crippen LogP contribution >= 0.6 is 51.0 Å². The number of nitrogens with zero attached hydrogens (tertiary/aromatic N) is 4. The van der Waals surface area contributed by atoms with Gasteiger partial charge in [0.05, 0.1) is 0 Å². The second-order valence-electron chi connectivity index (χ2n) is 7.02. The molecule has 3 atom stereocenters. The lowest BCUT2D eigenvalue weighted by molar-refractivity contribution is 0.354. The van der Waals surface area contributed by atoms with Gasteiger partial charge in [-0.25, -0.2) is 15.0 Å². The van der Waals surface area contributed by atoms with Crippen molar-refractivity contribution in [2.75, 3.05) is 11.9 Å². The molecule has 0 aromatic carbocycles. The van der Waals surface area contributed by atoms with Crippen LogP contribution in [0.15, 0.2) is 16.7 Å². The first-order valence-electron chi connectivity index (χ1n) is 8.68. The maximum absolute atomic E-state index is 10.1. The van der Waals surface area contributed by atoms with E-state index in [-0.39, 0.29) is 18.2 Å². The second-order valence-corrected chi connectivity index (χ2v) is 9.87. The SMILES string of the molecule is CN(c1nc2sc(-c3ncc(Br)cc3O)nc2s1)C1C[C@H]2CC[C@@H](C1)N2.Cl. The monoisotopic (exact) mass is 487 g/mol. The van der Waals surface area contributed by atoms with Crippen molar-refractivity contribution in [3.63, 3.8) is 0 Å². The summed E-state index contributed by atoms with van der Waals surface area (Å²) < 4.78 is 0.745. The summed E-state index contributed by atoms with van der Waals surface area (Å²) in [5, 5.41) is 15.6. The summed E-state index contributed by atoms with van der Waals surface area (Å²) in [6, 6.07) is 3.51. The van der Waals surface area contributed by atoms with Gasteiger partial charge in [-0.05, 0) is 47.7 Å². The Morgan fingerprint density at radius 1 is 1.19 bits per heavy atom. The lowest BCUT2D eigenvalue weighted by Gasteiger charge is -2.35. The number of halogens is 2. The fourth-order valence-electron chi connectivity index (χ4n) is 3.98. The summed E-state index contributed by atoms with van der Waals surface area (Å²) in [4.78, 5) is 17.9. The molecule has 2 aliphatic heterocycles. The average Bonchev–Trinajstić information content (AvgIpc) is 3.27. The molecular weight excluding hydrogens is 470 g/mol. The minimum absolute atomic E-state index is 0. The molecule has 144 valence electrons. The molecule has 2 N–H and O–H groups in total. The molecule has 1 unspecified atom stereocenters. The second kappa shape index (κ2) is 7.44. The zero-order valence-corrected chi connectivity index (χ0v) is 18.6. The van der Waals surface area contributed by atoms with E-state index in [1.165, 1.54) is 37.0 Å². The number of nitrogens with one attached hydrogen (secondary N) is 1. The van der Waals surface area contributed by atoms with Crippen LogP contribution in [0.2, 0.25) is 0 Å². The Hall–Kier alpha value is -1.00. The number of rotatable bonds is 3. The molecule has 0 aliphatic carbocycles. The van der Waals surface area contributed by atoms with Gasteiger partial charge in [0.15, 0.2) is 14.8 Å². The van der Waals surface area contributed by atoms with Crippen LogP contribution < -0.4 is 10.2 Å². The van der Waals surface area contributed by atoms with Crippen molar-refractivity contribution < 1.29 is 5.11 Å². The van der Waals surface area contributed by atoms with Gasteiger partial charge in [0, 0.05) is 35.8 Å². The van der Waals surface area contributed by atoms with Crippen LogP contribution in [0.1, 0.15) is 25.7 Å². The fourth-order valence-corrected chi connectivity index (χ4v) is 6.37. The Morgan fingerprint density at radius 2 is 1.89 bits per heavy atom. The van der Waals surface area contributed by atoms with Crippen LogP contribution in [0, 0.1) is 0 Å². The van der Waals surface area contributed by atoms with E-state index in [2.05, 4.69) is 43.2 Å². The first kappa shape index (κ1) is 19.3. The molecule has 0 spiro atoms. The Bertz CT molecular complexity index is 936. The molecule has 6 nitrogen and oxygen atoms in total. The van der Waals surface area contributed by atoms with E-state index in [9.17, 15) is 5.11 Å². The number of hydrogen-bond donors (Lipinski definition) is 2. The van der Waals surface area contributed by atoms with Crippen LogP contribution in [0.25, 0.3) is 20.4 Å². The average molecular weight is 489 g/mol. The molecule has 0 amide bonds. The minimum Gasteiger partial charge on any atom is -0.506 e. The van der Waals surface area contributed by atoms with Gasteiger partial charge >= 0.3 is 0 Å². The van der Waals surface area contributed by atoms with Gasteiger partial charge in [-0.15, -0.1) is 12.4 Å². The maximum atomic E-state index is 10.1. The fraction of sp³-hybridized carbons (Fsp3) is 0.471. The number of hydrogen-bond acceptors (Lipinski definition) is 8. The topological polar surface area (TPSA) is 74.2 Å². The Morgan fingerprint density at radius 3 is 2.56 bits per heavy atom. The van der Waals surface area contributed by atoms with Crippen LogP contribution in [0.3, 0.4) is 0 Å². The zero-order valence-electron chi connectivity index (χ0n) is 14.6. The smallest absolute Gasteiger partial charge is 0.188 e. The lowest BCUT2D eigenvalue weighted by Crippen LogP contribution is -2.47. The lowest BCUT2D eigenvalue weighted by atomic mass is 9.99. The highest BCUT2D eigenvalue weighted by atomic mass is 79.9. The predicted molar refractivity (Wildman–Crippen MR) is 117 cm³/mol. The molecule has 2 bridgehead atoms. The third-order valence-electron chi connectivity index (χ3n) is 5.30. The highest BCUT2D eigenvalue weighted by Crippen LogP contribution is 2.40. The number of aromatic nitrogens is 3. The summed E-state index contributed by atoms with van der Waals surface area (Å²) >= 11 is 6.41. The first-order chi connectivity index (χ1) is 12.6.